The number of aromatic amines is 1. The summed E-state index contributed by atoms with van der Waals surface area (Å²) in [5, 5.41) is 12.7. The fourth-order valence-electron chi connectivity index (χ4n) is 2.03. The van der Waals surface area contributed by atoms with Gasteiger partial charge < -0.3 is 5.11 Å². The van der Waals surface area contributed by atoms with E-state index in [2.05, 4.69) is 4.98 Å². The van der Waals surface area contributed by atoms with Crippen LogP contribution in [0.4, 0.5) is 0 Å². The first-order chi connectivity index (χ1) is 9.33. The number of pyridine rings is 1. The normalized spacial score (nSPS) is 10.6. The van der Waals surface area contributed by atoms with Gasteiger partial charge in [-0.1, -0.05) is 42.5 Å². The van der Waals surface area contributed by atoms with Gasteiger partial charge in [-0.2, -0.15) is 0 Å². The van der Waals surface area contributed by atoms with Gasteiger partial charge in [0.25, 0.3) is 0 Å². The zero-order valence-electron chi connectivity index (χ0n) is 11.3. The molecule has 0 aliphatic carbocycles. The van der Waals surface area contributed by atoms with E-state index in [1.165, 1.54) is 0 Å². The second-order valence-corrected chi connectivity index (χ2v) is 4.38. The van der Waals surface area contributed by atoms with Gasteiger partial charge in [0.05, 0.1) is 0 Å². The van der Waals surface area contributed by atoms with Crippen LogP contribution in [0.25, 0.3) is 23.1 Å². The summed E-state index contributed by atoms with van der Waals surface area (Å²) in [5.41, 5.74) is 2.70. The maximum atomic E-state index is 11.7. The van der Waals surface area contributed by atoms with Crippen LogP contribution in [0.2, 0.25) is 0 Å². The van der Waals surface area contributed by atoms with Gasteiger partial charge >= 0.3 is 18.9 Å². The van der Waals surface area contributed by atoms with E-state index in [0.717, 1.165) is 16.6 Å². The SMILES string of the molecule is [Li+].[O-]c1cccc2ccc(/C=C/c3ccccc3)[nH+]c12. The molecule has 0 radical (unpaired) electrons. The Morgan fingerprint density at radius 3 is 2.40 bits per heavy atom. The molecule has 3 heteroatoms. The van der Waals surface area contributed by atoms with Crippen molar-refractivity contribution in [3.8, 4) is 5.75 Å². The number of hydrogen-bond donors (Lipinski definition) is 0. The predicted octanol–water partition coefficient (Wildman–Crippen LogP) is -0.0981. The van der Waals surface area contributed by atoms with Crippen molar-refractivity contribution < 1.29 is 29.0 Å². The van der Waals surface area contributed by atoms with E-state index >= 15 is 0 Å². The number of para-hydroxylation sites is 1. The summed E-state index contributed by atoms with van der Waals surface area (Å²) < 4.78 is 0. The van der Waals surface area contributed by atoms with Crippen LogP contribution in [-0.4, -0.2) is 0 Å². The fourth-order valence-corrected chi connectivity index (χ4v) is 2.03. The first-order valence-electron chi connectivity index (χ1n) is 6.18. The average molecular weight is 254 g/mol. The standard InChI is InChI=1S/C17H13NO.Li/c19-16-8-4-7-14-10-12-15(18-17(14)16)11-9-13-5-2-1-3-6-13;/h1-12,19H;/q;+1/b11-9+;. The summed E-state index contributed by atoms with van der Waals surface area (Å²) in [6.45, 7) is 0. The number of nitrogens with one attached hydrogen (secondary N) is 1. The molecule has 0 unspecified atom stereocenters. The zero-order valence-corrected chi connectivity index (χ0v) is 11.3. The van der Waals surface area contributed by atoms with Crippen LogP contribution >= 0.6 is 0 Å². The summed E-state index contributed by atoms with van der Waals surface area (Å²) in [7, 11) is 0. The number of fused-ring (bicyclic) bond motifs is 1. The van der Waals surface area contributed by atoms with E-state index in [0.29, 0.717) is 5.52 Å². The van der Waals surface area contributed by atoms with E-state index in [1.54, 1.807) is 12.1 Å². The Hall–Kier alpha value is -2.01. The zero-order chi connectivity index (χ0) is 13.1. The molecule has 3 rings (SSSR count). The fraction of sp³-hybridized carbons (Fsp3) is 0. The minimum absolute atomic E-state index is 0. The Bertz CT molecular complexity index is 738. The van der Waals surface area contributed by atoms with Crippen molar-refractivity contribution in [3.63, 3.8) is 0 Å². The third-order valence-corrected chi connectivity index (χ3v) is 3.03. The van der Waals surface area contributed by atoms with Crippen LogP contribution in [0.1, 0.15) is 11.3 Å². The molecule has 1 heterocycles. The summed E-state index contributed by atoms with van der Waals surface area (Å²) in [6.07, 6.45) is 3.99. The largest absolute Gasteiger partial charge is 1.00 e. The second kappa shape index (κ2) is 6.43. The number of hydrogen-bond acceptors (Lipinski definition) is 1. The van der Waals surface area contributed by atoms with Gasteiger partial charge in [0.1, 0.15) is 0 Å². The van der Waals surface area contributed by atoms with Crippen molar-refractivity contribution >= 4 is 23.1 Å². The van der Waals surface area contributed by atoms with Crippen LogP contribution in [0.3, 0.4) is 0 Å². The Balaban J connectivity index is 0.00000147. The summed E-state index contributed by atoms with van der Waals surface area (Å²) in [4.78, 5) is 3.17. The molecule has 0 amide bonds. The molecule has 1 aromatic heterocycles. The number of rotatable bonds is 2. The third kappa shape index (κ3) is 3.11. The molecule has 2 aromatic carbocycles. The molecular weight excluding hydrogens is 241 g/mol. The minimum atomic E-state index is 0. The van der Waals surface area contributed by atoms with Crippen molar-refractivity contribution in [2.45, 2.75) is 0 Å². The predicted molar refractivity (Wildman–Crippen MR) is 75.3 cm³/mol. The van der Waals surface area contributed by atoms with E-state index < -0.39 is 0 Å². The Labute approximate surface area is 130 Å². The monoisotopic (exact) mass is 254 g/mol. The molecule has 20 heavy (non-hydrogen) atoms. The summed E-state index contributed by atoms with van der Waals surface area (Å²) >= 11 is 0. The van der Waals surface area contributed by atoms with E-state index in [9.17, 15) is 5.11 Å². The molecule has 3 aromatic rings. The molecule has 0 bridgehead atoms. The van der Waals surface area contributed by atoms with Gasteiger partial charge in [-0.25, -0.2) is 4.98 Å². The van der Waals surface area contributed by atoms with E-state index in [-0.39, 0.29) is 24.6 Å². The molecule has 0 fully saturated rings. The van der Waals surface area contributed by atoms with Crippen molar-refractivity contribution in [2.24, 2.45) is 0 Å². The smallest absolute Gasteiger partial charge is 0.868 e. The molecule has 0 saturated heterocycles. The molecule has 92 valence electrons. The molecule has 0 spiro atoms. The molecule has 0 saturated carbocycles. The van der Waals surface area contributed by atoms with Gasteiger partial charge in [-0.15, -0.1) is 0 Å². The Morgan fingerprint density at radius 2 is 1.60 bits per heavy atom. The van der Waals surface area contributed by atoms with Crippen LogP contribution in [0.15, 0.2) is 60.7 Å². The maximum absolute atomic E-state index is 11.7. The van der Waals surface area contributed by atoms with Crippen LogP contribution < -0.4 is 29.0 Å². The Kier molecular flexibility index (Phi) is 4.63. The molecule has 0 aliphatic rings. The number of aromatic nitrogens is 1. The Morgan fingerprint density at radius 1 is 0.800 bits per heavy atom. The second-order valence-electron chi connectivity index (χ2n) is 4.38. The average Bonchev–Trinajstić information content (AvgIpc) is 2.47. The summed E-state index contributed by atoms with van der Waals surface area (Å²) in [5.74, 6) is 0.0208. The van der Waals surface area contributed by atoms with Crippen molar-refractivity contribution in [1.29, 1.82) is 0 Å². The number of benzene rings is 2. The van der Waals surface area contributed by atoms with Gasteiger partial charge in [-0.3, -0.25) is 0 Å². The van der Waals surface area contributed by atoms with E-state index in [4.69, 9.17) is 0 Å². The topological polar surface area (TPSA) is 37.2 Å². The van der Waals surface area contributed by atoms with Gasteiger partial charge in [-0.05, 0) is 29.5 Å². The molecule has 2 nitrogen and oxygen atoms in total. The van der Waals surface area contributed by atoms with Crippen LogP contribution in [0.5, 0.6) is 5.75 Å². The van der Waals surface area contributed by atoms with Gasteiger partial charge in [0.2, 0.25) is 11.2 Å². The molecule has 0 atom stereocenters. The molecule has 1 N–H and O–H groups in total. The third-order valence-electron chi connectivity index (χ3n) is 3.03. The van der Waals surface area contributed by atoms with Crippen molar-refractivity contribution in [2.75, 3.05) is 0 Å². The molecular formula is C17H13LiNO+. The summed E-state index contributed by atoms with van der Waals surface area (Å²) in [6, 6.07) is 19.3. The van der Waals surface area contributed by atoms with Crippen molar-refractivity contribution in [3.05, 3.63) is 71.9 Å². The van der Waals surface area contributed by atoms with Gasteiger partial charge in [0, 0.05) is 17.5 Å². The van der Waals surface area contributed by atoms with E-state index in [1.807, 2.05) is 60.7 Å². The quantitative estimate of drug-likeness (QED) is 0.588. The maximum Gasteiger partial charge on any atom is 1.00 e. The minimum Gasteiger partial charge on any atom is -0.868 e. The first kappa shape index (κ1) is 14.4. The first-order valence-corrected chi connectivity index (χ1v) is 6.18. The van der Waals surface area contributed by atoms with Crippen molar-refractivity contribution in [1.82, 2.24) is 0 Å². The van der Waals surface area contributed by atoms with Crippen LogP contribution in [-0.2, 0) is 0 Å². The van der Waals surface area contributed by atoms with Gasteiger partial charge in [0.15, 0.2) is 0 Å². The van der Waals surface area contributed by atoms with Crippen LogP contribution in [0, 0.1) is 0 Å². The number of H-pyrrole nitrogens is 1. The molecule has 0 aliphatic heterocycles.